The fourth-order valence-corrected chi connectivity index (χ4v) is 5.44. The van der Waals surface area contributed by atoms with Crippen molar-refractivity contribution in [3.8, 4) is 11.1 Å². The van der Waals surface area contributed by atoms with Crippen LogP contribution in [-0.2, 0) is 9.59 Å². The fourth-order valence-electron chi connectivity index (χ4n) is 5.44. The molecule has 7 rings (SSSR count). The summed E-state index contributed by atoms with van der Waals surface area (Å²) in [6, 6.07) is 12.7. The average molecular weight is 454 g/mol. The first-order chi connectivity index (χ1) is 16.5. The van der Waals surface area contributed by atoms with Crippen molar-refractivity contribution >= 4 is 28.6 Å². The van der Waals surface area contributed by atoms with Gasteiger partial charge in [-0.25, -0.2) is 0 Å². The van der Waals surface area contributed by atoms with Crippen LogP contribution in [0.1, 0.15) is 36.8 Å². The molecule has 3 aromatic rings. The van der Waals surface area contributed by atoms with Gasteiger partial charge in [0, 0.05) is 42.4 Å². The first-order valence-electron chi connectivity index (χ1n) is 12.3. The summed E-state index contributed by atoms with van der Waals surface area (Å²) in [5.41, 5.74) is 4.95. The number of H-pyrrole nitrogens is 1. The summed E-state index contributed by atoms with van der Waals surface area (Å²) in [5.74, 6) is 1.83. The highest BCUT2D eigenvalue weighted by Crippen LogP contribution is 2.46. The molecule has 1 spiro atoms. The summed E-state index contributed by atoms with van der Waals surface area (Å²) >= 11 is 0. The number of aromatic amines is 1. The van der Waals surface area contributed by atoms with Crippen LogP contribution in [0.2, 0.25) is 0 Å². The Labute approximate surface area is 197 Å². The summed E-state index contributed by atoms with van der Waals surface area (Å²) in [4.78, 5) is 34.4. The summed E-state index contributed by atoms with van der Waals surface area (Å²) in [5, 5.41) is 8.21. The number of nitrogens with zero attached hydrogens (tertiary/aromatic N) is 4. The van der Waals surface area contributed by atoms with Gasteiger partial charge in [-0.15, -0.1) is 0 Å². The average Bonchev–Trinajstić information content (AvgIpc) is 3.72. The van der Waals surface area contributed by atoms with E-state index < -0.39 is 5.54 Å². The lowest BCUT2D eigenvalue weighted by atomic mass is 9.96. The highest BCUT2D eigenvalue weighted by atomic mass is 16.2. The van der Waals surface area contributed by atoms with E-state index in [-0.39, 0.29) is 11.8 Å². The molecule has 172 valence electrons. The third-order valence-electron chi connectivity index (χ3n) is 7.81. The zero-order valence-electron chi connectivity index (χ0n) is 19.3. The standard InChI is InChI=1S/C27H27N5O2/c1-16-10-20(4-6-22(16)19-5-7-23-21(11-19)12-28-30-23)24-29-27(8-9-27)26(34)32(24)15-17-13-31(14-17)25(33)18-2-3-18/h4-7,10-12,17-18H,2-3,8-9,13-15H2,1H3,(H,28,30). The van der Waals surface area contributed by atoms with Crippen LogP contribution < -0.4 is 0 Å². The Hall–Kier alpha value is -3.48. The van der Waals surface area contributed by atoms with Crippen molar-refractivity contribution in [2.75, 3.05) is 19.6 Å². The summed E-state index contributed by atoms with van der Waals surface area (Å²) in [7, 11) is 0. The first kappa shape index (κ1) is 19.9. The van der Waals surface area contributed by atoms with Gasteiger partial charge in [-0.05, 0) is 67.5 Å². The van der Waals surface area contributed by atoms with Gasteiger partial charge < -0.3 is 4.90 Å². The summed E-state index contributed by atoms with van der Waals surface area (Å²) < 4.78 is 0. The number of likely N-dealkylation sites (tertiary alicyclic amines) is 1. The van der Waals surface area contributed by atoms with E-state index >= 15 is 0 Å². The number of hydrogen-bond acceptors (Lipinski definition) is 4. The molecule has 0 bridgehead atoms. The smallest absolute Gasteiger partial charge is 0.256 e. The van der Waals surface area contributed by atoms with Gasteiger partial charge in [-0.1, -0.05) is 18.2 Å². The number of rotatable bonds is 5. The monoisotopic (exact) mass is 453 g/mol. The Bertz CT molecular complexity index is 1370. The number of amides is 2. The lowest BCUT2D eigenvalue weighted by Crippen LogP contribution is -2.55. The van der Waals surface area contributed by atoms with E-state index in [0.29, 0.717) is 18.4 Å². The molecule has 34 heavy (non-hydrogen) atoms. The van der Waals surface area contributed by atoms with E-state index in [2.05, 4.69) is 53.5 Å². The van der Waals surface area contributed by atoms with Crippen molar-refractivity contribution in [1.82, 2.24) is 20.0 Å². The molecule has 4 aliphatic rings. The second-order valence-electron chi connectivity index (χ2n) is 10.5. The van der Waals surface area contributed by atoms with E-state index in [1.807, 2.05) is 16.0 Å². The Morgan fingerprint density at radius 2 is 1.91 bits per heavy atom. The minimum absolute atomic E-state index is 0.140. The van der Waals surface area contributed by atoms with E-state index in [4.69, 9.17) is 4.99 Å². The first-order valence-corrected chi connectivity index (χ1v) is 12.3. The molecule has 2 aliphatic carbocycles. The second-order valence-corrected chi connectivity index (χ2v) is 10.5. The van der Waals surface area contributed by atoms with E-state index in [1.54, 1.807) is 0 Å². The van der Waals surface area contributed by atoms with Crippen LogP contribution in [0, 0.1) is 18.8 Å². The molecule has 1 N–H and O–H groups in total. The van der Waals surface area contributed by atoms with Gasteiger partial charge in [-0.3, -0.25) is 24.6 Å². The van der Waals surface area contributed by atoms with Crippen molar-refractivity contribution in [2.24, 2.45) is 16.8 Å². The Morgan fingerprint density at radius 1 is 1.12 bits per heavy atom. The van der Waals surface area contributed by atoms with Gasteiger partial charge in [0.15, 0.2) is 0 Å². The quantitative estimate of drug-likeness (QED) is 0.642. The minimum atomic E-state index is -0.526. The fraction of sp³-hybridized carbons (Fsp3) is 0.407. The van der Waals surface area contributed by atoms with Crippen LogP contribution in [0.3, 0.4) is 0 Å². The van der Waals surface area contributed by atoms with Crippen LogP contribution in [0.4, 0.5) is 0 Å². The van der Waals surface area contributed by atoms with Crippen molar-refractivity contribution in [2.45, 2.75) is 38.1 Å². The third kappa shape index (κ3) is 3.10. The number of fused-ring (bicyclic) bond motifs is 1. The number of carbonyl (C=O) groups excluding carboxylic acids is 2. The normalized spacial score (nSPS) is 21.3. The zero-order chi connectivity index (χ0) is 23.0. The van der Waals surface area contributed by atoms with Crippen molar-refractivity contribution < 1.29 is 9.59 Å². The van der Waals surface area contributed by atoms with Crippen LogP contribution in [0.15, 0.2) is 47.6 Å². The van der Waals surface area contributed by atoms with Crippen LogP contribution in [0.25, 0.3) is 22.0 Å². The molecule has 3 heterocycles. The highest BCUT2D eigenvalue weighted by molar-refractivity contribution is 6.16. The predicted molar refractivity (Wildman–Crippen MR) is 129 cm³/mol. The Kier molecular flexibility index (Phi) is 4.11. The number of amidine groups is 1. The van der Waals surface area contributed by atoms with E-state index in [0.717, 1.165) is 77.8 Å². The Balaban J connectivity index is 1.14. The third-order valence-corrected chi connectivity index (χ3v) is 7.81. The number of nitrogens with one attached hydrogen (secondary N) is 1. The number of carbonyl (C=O) groups is 2. The van der Waals surface area contributed by atoms with E-state index in [1.165, 1.54) is 0 Å². The molecule has 1 aromatic heterocycles. The van der Waals surface area contributed by atoms with Crippen molar-refractivity contribution in [1.29, 1.82) is 0 Å². The van der Waals surface area contributed by atoms with E-state index in [9.17, 15) is 9.59 Å². The van der Waals surface area contributed by atoms with Crippen molar-refractivity contribution in [3.05, 3.63) is 53.7 Å². The minimum Gasteiger partial charge on any atom is -0.342 e. The number of hydrogen-bond donors (Lipinski definition) is 1. The summed E-state index contributed by atoms with van der Waals surface area (Å²) in [6.07, 6.45) is 5.59. The predicted octanol–water partition coefficient (Wildman–Crippen LogP) is 3.53. The largest absolute Gasteiger partial charge is 0.342 e. The topological polar surface area (TPSA) is 81.7 Å². The zero-order valence-corrected chi connectivity index (χ0v) is 19.3. The number of aliphatic imine (C=N–C) groups is 1. The van der Waals surface area contributed by atoms with Gasteiger partial charge in [0.25, 0.3) is 5.91 Å². The number of benzene rings is 2. The molecular formula is C27H27N5O2. The molecule has 1 saturated heterocycles. The summed E-state index contributed by atoms with van der Waals surface area (Å²) in [6.45, 7) is 4.27. The SMILES string of the molecule is Cc1cc(C2=NC3(CC3)C(=O)N2CC2CN(C(=O)C3CC3)C2)ccc1-c1ccc2[nH]ncc2c1. The van der Waals surface area contributed by atoms with Crippen LogP contribution in [-0.4, -0.2) is 62.8 Å². The molecule has 2 aromatic carbocycles. The van der Waals surface area contributed by atoms with Crippen LogP contribution in [0.5, 0.6) is 0 Å². The molecule has 2 amide bonds. The van der Waals surface area contributed by atoms with Crippen LogP contribution >= 0.6 is 0 Å². The molecule has 7 nitrogen and oxygen atoms in total. The van der Waals surface area contributed by atoms with Gasteiger partial charge in [-0.2, -0.15) is 5.10 Å². The van der Waals surface area contributed by atoms with Gasteiger partial charge in [0.05, 0.1) is 11.7 Å². The second kappa shape index (κ2) is 7.01. The number of aryl methyl sites for hydroxylation is 1. The lowest BCUT2D eigenvalue weighted by Gasteiger charge is -2.41. The highest BCUT2D eigenvalue weighted by Gasteiger charge is 2.57. The van der Waals surface area contributed by atoms with Crippen molar-refractivity contribution in [3.63, 3.8) is 0 Å². The molecule has 3 fully saturated rings. The number of aromatic nitrogens is 2. The molecule has 7 heteroatoms. The molecule has 0 atom stereocenters. The lowest BCUT2D eigenvalue weighted by molar-refractivity contribution is -0.139. The maximum Gasteiger partial charge on any atom is 0.256 e. The van der Waals surface area contributed by atoms with Gasteiger partial charge >= 0.3 is 0 Å². The molecule has 0 radical (unpaired) electrons. The maximum absolute atomic E-state index is 13.3. The molecule has 2 aliphatic heterocycles. The van der Waals surface area contributed by atoms with Gasteiger partial charge in [0.1, 0.15) is 11.4 Å². The Morgan fingerprint density at radius 3 is 2.65 bits per heavy atom. The maximum atomic E-state index is 13.3. The van der Waals surface area contributed by atoms with Gasteiger partial charge in [0.2, 0.25) is 5.91 Å². The molecular weight excluding hydrogens is 426 g/mol. The molecule has 2 saturated carbocycles. The molecule has 0 unspecified atom stereocenters.